The molecule has 0 N–H and O–H groups in total. The highest BCUT2D eigenvalue weighted by Gasteiger charge is 2.18. The van der Waals surface area contributed by atoms with Crippen molar-refractivity contribution in [2.45, 2.75) is 18.7 Å². The van der Waals surface area contributed by atoms with Gasteiger partial charge in [-0.1, -0.05) is 13.8 Å². The maximum Gasteiger partial charge on any atom is 0.200 e. The average Bonchev–Trinajstić information content (AvgIpc) is 2.49. The molecule has 1 aromatic rings. The molecule has 1 rings (SSSR count). The molecular formula is C9H12O4S. The lowest BCUT2D eigenvalue weighted by molar-refractivity contribution is 0.0911. The minimum Gasteiger partial charge on any atom is -0.460 e. The summed E-state index contributed by atoms with van der Waals surface area (Å²) < 4.78 is 27.0. The molecule has 0 radical (unpaired) electrons. The van der Waals surface area contributed by atoms with Gasteiger partial charge in [0.15, 0.2) is 15.6 Å². The number of carbonyl (C=O) groups is 1. The van der Waals surface area contributed by atoms with Gasteiger partial charge in [0.1, 0.15) is 11.2 Å². The predicted molar refractivity (Wildman–Crippen MR) is 51.0 cm³/mol. The fraction of sp³-hybridized carbons (Fsp3) is 0.444. The number of furan rings is 1. The molecule has 0 saturated heterocycles. The molecule has 0 amide bonds. The van der Waals surface area contributed by atoms with Crippen LogP contribution in [-0.2, 0) is 9.84 Å². The van der Waals surface area contributed by atoms with E-state index in [1.165, 1.54) is 6.07 Å². The topological polar surface area (TPSA) is 64.3 Å². The Morgan fingerprint density at radius 1 is 1.43 bits per heavy atom. The first-order chi connectivity index (χ1) is 6.32. The summed E-state index contributed by atoms with van der Waals surface area (Å²) in [5, 5.41) is 0. The zero-order chi connectivity index (χ0) is 10.9. The van der Waals surface area contributed by atoms with Crippen LogP contribution in [0.5, 0.6) is 0 Å². The van der Waals surface area contributed by atoms with Crippen molar-refractivity contribution in [3.05, 3.63) is 18.1 Å². The lowest BCUT2D eigenvalue weighted by atomic mass is 10.1. The van der Waals surface area contributed by atoms with E-state index in [9.17, 15) is 13.2 Å². The Kier molecular flexibility index (Phi) is 2.80. The van der Waals surface area contributed by atoms with E-state index in [1.807, 2.05) is 0 Å². The summed E-state index contributed by atoms with van der Waals surface area (Å²) in [7, 11) is -3.29. The van der Waals surface area contributed by atoms with Crippen LogP contribution < -0.4 is 0 Å². The Morgan fingerprint density at radius 3 is 2.36 bits per heavy atom. The van der Waals surface area contributed by atoms with Crippen molar-refractivity contribution >= 4 is 15.6 Å². The molecule has 0 saturated carbocycles. The van der Waals surface area contributed by atoms with Crippen molar-refractivity contribution < 1.29 is 17.6 Å². The van der Waals surface area contributed by atoms with E-state index in [1.54, 1.807) is 13.8 Å². The molecule has 0 atom stereocenters. The van der Waals surface area contributed by atoms with Gasteiger partial charge in [-0.25, -0.2) is 8.42 Å². The normalized spacial score (nSPS) is 12.0. The number of sulfone groups is 1. The Labute approximate surface area is 82.8 Å². The molecule has 4 nitrogen and oxygen atoms in total. The molecule has 1 aromatic heterocycles. The number of rotatable bonds is 3. The lowest BCUT2D eigenvalue weighted by Gasteiger charge is -1.97. The van der Waals surface area contributed by atoms with Gasteiger partial charge < -0.3 is 4.42 Å². The van der Waals surface area contributed by atoms with Crippen molar-refractivity contribution in [1.29, 1.82) is 0 Å². The molecule has 0 aliphatic carbocycles. The molecule has 0 fully saturated rings. The third-order valence-electron chi connectivity index (χ3n) is 1.77. The Bertz CT molecular complexity index is 439. The van der Waals surface area contributed by atoms with E-state index in [-0.39, 0.29) is 22.4 Å². The molecule has 1 heterocycles. The summed E-state index contributed by atoms with van der Waals surface area (Å²) >= 11 is 0. The van der Waals surface area contributed by atoms with Crippen LogP contribution in [0.4, 0.5) is 0 Å². The summed E-state index contributed by atoms with van der Waals surface area (Å²) in [6, 6.07) is 1.26. The molecule has 78 valence electrons. The van der Waals surface area contributed by atoms with Crippen LogP contribution >= 0.6 is 0 Å². The highest BCUT2D eigenvalue weighted by molar-refractivity contribution is 7.90. The standard InChI is InChI=1S/C9H12O4S/c1-6(2)9(10)8-4-7(5-13-8)14(3,11)12/h4-6H,1-3H3. The van der Waals surface area contributed by atoms with Crippen molar-refractivity contribution in [2.75, 3.05) is 6.26 Å². The minimum absolute atomic E-state index is 0.0431. The van der Waals surface area contributed by atoms with Gasteiger partial charge in [0.05, 0.1) is 0 Å². The molecular weight excluding hydrogens is 204 g/mol. The van der Waals surface area contributed by atoms with E-state index in [0.29, 0.717) is 0 Å². The quantitative estimate of drug-likeness (QED) is 0.718. The number of Topliss-reactive ketones (excluding diaryl/α,β-unsaturated/α-hetero) is 1. The predicted octanol–water partition coefficient (Wildman–Crippen LogP) is 1.52. The monoisotopic (exact) mass is 216 g/mol. The van der Waals surface area contributed by atoms with E-state index in [0.717, 1.165) is 12.5 Å². The van der Waals surface area contributed by atoms with Gasteiger partial charge in [0.2, 0.25) is 5.78 Å². The summed E-state index contributed by atoms with van der Waals surface area (Å²) in [5.74, 6) is -0.297. The number of hydrogen-bond acceptors (Lipinski definition) is 4. The van der Waals surface area contributed by atoms with Crippen molar-refractivity contribution in [2.24, 2.45) is 5.92 Å². The Balaban J connectivity index is 3.07. The molecule has 0 aliphatic rings. The van der Waals surface area contributed by atoms with E-state index in [2.05, 4.69) is 0 Å². The first-order valence-electron chi connectivity index (χ1n) is 4.15. The summed E-state index contributed by atoms with van der Waals surface area (Å²) in [6.07, 6.45) is 2.16. The van der Waals surface area contributed by atoms with Gasteiger partial charge in [-0.2, -0.15) is 0 Å². The summed E-state index contributed by atoms with van der Waals surface area (Å²) in [6.45, 7) is 3.45. The molecule has 0 spiro atoms. The zero-order valence-corrected chi connectivity index (χ0v) is 9.09. The number of ketones is 1. The maximum atomic E-state index is 11.4. The summed E-state index contributed by atoms with van der Waals surface area (Å²) in [5.41, 5.74) is 0. The van der Waals surface area contributed by atoms with Gasteiger partial charge in [-0.15, -0.1) is 0 Å². The van der Waals surface area contributed by atoms with E-state index in [4.69, 9.17) is 4.42 Å². The average molecular weight is 216 g/mol. The van der Waals surface area contributed by atoms with E-state index < -0.39 is 9.84 Å². The maximum absolute atomic E-state index is 11.4. The molecule has 0 aromatic carbocycles. The van der Waals surface area contributed by atoms with Crippen LogP contribution in [0.3, 0.4) is 0 Å². The zero-order valence-electron chi connectivity index (χ0n) is 8.27. The van der Waals surface area contributed by atoms with Gasteiger partial charge >= 0.3 is 0 Å². The summed E-state index contributed by atoms with van der Waals surface area (Å²) in [4.78, 5) is 11.4. The number of hydrogen-bond donors (Lipinski definition) is 0. The first kappa shape index (κ1) is 11.0. The van der Waals surface area contributed by atoms with Gasteiger partial charge in [-0.05, 0) is 0 Å². The smallest absolute Gasteiger partial charge is 0.200 e. The van der Waals surface area contributed by atoms with Crippen LogP contribution in [-0.4, -0.2) is 20.5 Å². The number of carbonyl (C=O) groups excluding carboxylic acids is 1. The highest BCUT2D eigenvalue weighted by Crippen LogP contribution is 2.16. The van der Waals surface area contributed by atoms with E-state index >= 15 is 0 Å². The molecule has 0 aliphatic heterocycles. The molecule has 0 unspecified atom stereocenters. The fourth-order valence-corrected chi connectivity index (χ4v) is 1.47. The molecule has 0 bridgehead atoms. The van der Waals surface area contributed by atoms with Gasteiger partial charge in [-0.3, -0.25) is 4.79 Å². The van der Waals surface area contributed by atoms with Crippen molar-refractivity contribution in [1.82, 2.24) is 0 Å². The van der Waals surface area contributed by atoms with Crippen LogP contribution in [0.25, 0.3) is 0 Å². The minimum atomic E-state index is -3.29. The molecule has 14 heavy (non-hydrogen) atoms. The third-order valence-corrected chi connectivity index (χ3v) is 2.84. The van der Waals surface area contributed by atoms with Crippen molar-refractivity contribution in [3.63, 3.8) is 0 Å². The van der Waals surface area contributed by atoms with Crippen LogP contribution in [0, 0.1) is 5.92 Å². The second-order valence-corrected chi connectivity index (χ2v) is 5.45. The third kappa shape index (κ3) is 2.23. The van der Waals surface area contributed by atoms with Crippen LogP contribution in [0.15, 0.2) is 21.6 Å². The SMILES string of the molecule is CC(C)C(=O)c1cc(S(C)(=O)=O)co1. The van der Waals surface area contributed by atoms with Crippen LogP contribution in [0.1, 0.15) is 24.4 Å². The molecule has 5 heteroatoms. The van der Waals surface area contributed by atoms with Crippen molar-refractivity contribution in [3.8, 4) is 0 Å². The second kappa shape index (κ2) is 3.57. The van der Waals surface area contributed by atoms with Gasteiger partial charge in [0, 0.05) is 18.2 Å². The van der Waals surface area contributed by atoms with Crippen LogP contribution in [0.2, 0.25) is 0 Å². The van der Waals surface area contributed by atoms with Gasteiger partial charge in [0.25, 0.3) is 0 Å². The fourth-order valence-electron chi connectivity index (χ4n) is 0.927. The Hall–Kier alpha value is -1.10. The lowest BCUT2D eigenvalue weighted by Crippen LogP contribution is -2.05. The first-order valence-corrected chi connectivity index (χ1v) is 6.04. The second-order valence-electron chi connectivity index (χ2n) is 3.44. The Morgan fingerprint density at radius 2 is 2.00 bits per heavy atom. The largest absolute Gasteiger partial charge is 0.460 e. The highest BCUT2D eigenvalue weighted by atomic mass is 32.2.